The van der Waals surface area contributed by atoms with Gasteiger partial charge in [0.25, 0.3) is 5.91 Å². The van der Waals surface area contributed by atoms with Gasteiger partial charge in [-0.3, -0.25) is 4.79 Å². The zero-order chi connectivity index (χ0) is 18.8. The van der Waals surface area contributed by atoms with E-state index in [1.165, 1.54) is 18.6 Å². The van der Waals surface area contributed by atoms with Crippen molar-refractivity contribution in [1.29, 1.82) is 0 Å². The summed E-state index contributed by atoms with van der Waals surface area (Å²) in [5.41, 5.74) is 2.61. The maximum absolute atomic E-state index is 13.5. The van der Waals surface area contributed by atoms with E-state index < -0.39 is 5.82 Å². The molecule has 0 unspecified atom stereocenters. The van der Waals surface area contributed by atoms with Crippen LogP contribution in [0.4, 0.5) is 10.1 Å². The number of aromatic nitrogens is 3. The van der Waals surface area contributed by atoms with Crippen LogP contribution in [-0.4, -0.2) is 20.7 Å². The smallest absolute Gasteiger partial charge is 0.256 e. The predicted molar refractivity (Wildman–Crippen MR) is 102 cm³/mol. The topological polar surface area (TPSA) is 59.8 Å². The van der Waals surface area contributed by atoms with Crippen molar-refractivity contribution in [1.82, 2.24) is 14.8 Å². The molecule has 1 aromatic heterocycles. The number of carbonyl (C=O) groups is 1. The second-order valence-corrected chi connectivity index (χ2v) is 6.90. The molecule has 0 saturated carbocycles. The lowest BCUT2D eigenvalue weighted by Crippen LogP contribution is -2.13. The lowest BCUT2D eigenvalue weighted by atomic mass is 10.1. The molecule has 1 aliphatic heterocycles. The third-order valence-corrected chi connectivity index (χ3v) is 4.93. The molecule has 138 valence electrons. The first-order valence-electron chi connectivity index (χ1n) is 9.22. The van der Waals surface area contributed by atoms with Crippen molar-refractivity contribution in [3.63, 3.8) is 0 Å². The number of benzene rings is 2. The fourth-order valence-corrected chi connectivity index (χ4v) is 3.47. The monoisotopic (exact) mass is 364 g/mol. The Labute approximate surface area is 157 Å². The number of hydrogen-bond acceptors (Lipinski definition) is 3. The van der Waals surface area contributed by atoms with Crippen LogP contribution < -0.4 is 5.32 Å². The maximum atomic E-state index is 13.5. The van der Waals surface area contributed by atoms with Crippen molar-refractivity contribution in [3.05, 3.63) is 65.2 Å². The van der Waals surface area contributed by atoms with Crippen molar-refractivity contribution >= 4 is 11.6 Å². The second-order valence-electron chi connectivity index (χ2n) is 6.90. The molecule has 0 radical (unpaired) electrons. The number of fused-ring (bicyclic) bond motifs is 1. The fourth-order valence-electron chi connectivity index (χ4n) is 3.47. The van der Waals surface area contributed by atoms with Gasteiger partial charge in [-0.2, -0.15) is 0 Å². The van der Waals surface area contributed by atoms with E-state index in [2.05, 4.69) is 20.1 Å². The quantitative estimate of drug-likeness (QED) is 0.751. The molecule has 0 atom stereocenters. The van der Waals surface area contributed by atoms with Crippen LogP contribution in [0.3, 0.4) is 0 Å². The zero-order valence-electron chi connectivity index (χ0n) is 15.2. The van der Waals surface area contributed by atoms with Gasteiger partial charge < -0.3 is 9.88 Å². The summed E-state index contributed by atoms with van der Waals surface area (Å²) in [5, 5.41) is 11.6. The minimum absolute atomic E-state index is 0.329. The molecule has 0 saturated heterocycles. The SMILES string of the molecule is Cc1ccc(F)cc1C(=O)Nc1cccc(-c2nnc3n2CCCCC3)c1. The van der Waals surface area contributed by atoms with E-state index in [1.54, 1.807) is 13.0 Å². The van der Waals surface area contributed by atoms with E-state index in [-0.39, 0.29) is 5.91 Å². The molecule has 0 aliphatic carbocycles. The van der Waals surface area contributed by atoms with Crippen LogP contribution in [0.2, 0.25) is 0 Å². The van der Waals surface area contributed by atoms with Crippen molar-refractivity contribution < 1.29 is 9.18 Å². The van der Waals surface area contributed by atoms with Gasteiger partial charge >= 0.3 is 0 Å². The first kappa shape index (κ1) is 17.4. The summed E-state index contributed by atoms with van der Waals surface area (Å²) < 4.78 is 15.7. The molecule has 0 bridgehead atoms. The van der Waals surface area contributed by atoms with Crippen LogP contribution in [-0.2, 0) is 13.0 Å². The minimum atomic E-state index is -0.425. The van der Waals surface area contributed by atoms with Crippen molar-refractivity contribution in [3.8, 4) is 11.4 Å². The average Bonchev–Trinajstić information content (AvgIpc) is 2.92. The Morgan fingerprint density at radius 3 is 2.89 bits per heavy atom. The highest BCUT2D eigenvalue weighted by molar-refractivity contribution is 6.05. The molecule has 2 heterocycles. The Balaban J connectivity index is 1.61. The molecular formula is C21H21FN4O. The molecule has 0 spiro atoms. The van der Waals surface area contributed by atoms with Gasteiger partial charge in [0, 0.05) is 29.8 Å². The summed E-state index contributed by atoms with van der Waals surface area (Å²) in [4.78, 5) is 12.6. The predicted octanol–water partition coefficient (Wildman–Crippen LogP) is 4.37. The molecule has 1 N–H and O–H groups in total. The van der Waals surface area contributed by atoms with Crippen molar-refractivity contribution in [2.45, 2.75) is 39.2 Å². The largest absolute Gasteiger partial charge is 0.322 e. The van der Waals surface area contributed by atoms with Gasteiger partial charge in [0.1, 0.15) is 11.6 Å². The highest BCUT2D eigenvalue weighted by atomic mass is 19.1. The van der Waals surface area contributed by atoms with Crippen LogP contribution in [0, 0.1) is 12.7 Å². The molecule has 1 aliphatic rings. The highest BCUT2D eigenvalue weighted by Gasteiger charge is 2.17. The number of halogens is 1. The van der Waals surface area contributed by atoms with Crippen LogP contribution in [0.25, 0.3) is 11.4 Å². The summed E-state index contributed by atoms with van der Waals surface area (Å²) in [6, 6.07) is 11.8. The van der Waals surface area contributed by atoms with Gasteiger partial charge in [-0.05, 0) is 49.6 Å². The minimum Gasteiger partial charge on any atom is -0.322 e. The van der Waals surface area contributed by atoms with E-state index in [0.717, 1.165) is 48.6 Å². The molecule has 27 heavy (non-hydrogen) atoms. The number of anilines is 1. The molecule has 4 rings (SSSR count). The van der Waals surface area contributed by atoms with Gasteiger partial charge in [0.05, 0.1) is 0 Å². The number of rotatable bonds is 3. The Kier molecular flexibility index (Phi) is 4.71. The van der Waals surface area contributed by atoms with E-state index in [9.17, 15) is 9.18 Å². The molecule has 2 aromatic carbocycles. The van der Waals surface area contributed by atoms with E-state index in [0.29, 0.717) is 11.3 Å². The number of carbonyl (C=O) groups excluding carboxylic acids is 1. The first-order valence-corrected chi connectivity index (χ1v) is 9.22. The maximum Gasteiger partial charge on any atom is 0.256 e. The van der Waals surface area contributed by atoms with Crippen molar-refractivity contribution in [2.75, 3.05) is 5.32 Å². The Bertz CT molecular complexity index is 996. The Morgan fingerprint density at radius 1 is 1.11 bits per heavy atom. The summed E-state index contributed by atoms with van der Waals surface area (Å²) >= 11 is 0. The number of hydrogen-bond donors (Lipinski definition) is 1. The normalized spacial score (nSPS) is 13.7. The summed E-state index contributed by atoms with van der Waals surface area (Å²) in [7, 11) is 0. The number of nitrogens with zero attached hydrogens (tertiary/aromatic N) is 3. The van der Waals surface area contributed by atoms with E-state index in [1.807, 2.05) is 24.3 Å². The summed E-state index contributed by atoms with van der Waals surface area (Å²) in [6.45, 7) is 2.70. The van der Waals surface area contributed by atoms with Crippen LogP contribution in [0.15, 0.2) is 42.5 Å². The molecule has 5 nitrogen and oxygen atoms in total. The summed E-state index contributed by atoms with van der Waals surface area (Å²) in [5.74, 6) is 1.09. The molecule has 1 amide bonds. The zero-order valence-corrected chi connectivity index (χ0v) is 15.2. The van der Waals surface area contributed by atoms with Crippen LogP contribution in [0.1, 0.15) is 41.0 Å². The number of amides is 1. The fraction of sp³-hybridized carbons (Fsp3) is 0.286. The first-order chi connectivity index (χ1) is 13.1. The Hall–Kier alpha value is -3.02. The third kappa shape index (κ3) is 3.60. The lowest BCUT2D eigenvalue weighted by Gasteiger charge is -2.10. The van der Waals surface area contributed by atoms with E-state index >= 15 is 0 Å². The van der Waals surface area contributed by atoms with E-state index in [4.69, 9.17) is 0 Å². The molecule has 3 aromatic rings. The van der Waals surface area contributed by atoms with Crippen LogP contribution in [0.5, 0.6) is 0 Å². The summed E-state index contributed by atoms with van der Waals surface area (Å²) in [6.07, 6.45) is 4.41. The van der Waals surface area contributed by atoms with Crippen LogP contribution >= 0.6 is 0 Å². The second kappa shape index (κ2) is 7.31. The average molecular weight is 364 g/mol. The molecule has 0 fully saturated rings. The third-order valence-electron chi connectivity index (χ3n) is 4.93. The van der Waals surface area contributed by atoms with Gasteiger partial charge in [0.15, 0.2) is 5.82 Å². The Morgan fingerprint density at radius 2 is 2.00 bits per heavy atom. The molecular weight excluding hydrogens is 343 g/mol. The van der Waals surface area contributed by atoms with Gasteiger partial charge in [0.2, 0.25) is 0 Å². The van der Waals surface area contributed by atoms with Gasteiger partial charge in [-0.15, -0.1) is 10.2 Å². The molecule has 6 heteroatoms. The highest BCUT2D eigenvalue weighted by Crippen LogP contribution is 2.25. The van der Waals surface area contributed by atoms with Crippen molar-refractivity contribution in [2.24, 2.45) is 0 Å². The van der Waals surface area contributed by atoms with Gasteiger partial charge in [-0.1, -0.05) is 24.6 Å². The standard InChI is InChI=1S/C21H21FN4O/c1-14-9-10-16(22)13-18(14)21(27)23-17-7-5-6-15(12-17)20-25-24-19-8-3-2-4-11-26(19)20/h5-7,9-10,12-13H,2-4,8,11H2,1H3,(H,23,27). The van der Waals surface area contributed by atoms with Gasteiger partial charge in [-0.25, -0.2) is 4.39 Å². The lowest BCUT2D eigenvalue weighted by molar-refractivity contribution is 0.102. The number of aryl methyl sites for hydroxylation is 2. The number of nitrogens with one attached hydrogen (secondary N) is 1.